The molecule has 0 saturated heterocycles. The van der Waals surface area contributed by atoms with Crippen LogP contribution in [0.4, 0.5) is 17.1 Å². The summed E-state index contributed by atoms with van der Waals surface area (Å²) in [5.74, 6) is 0. The normalized spacial score (nSPS) is 10.5. The maximum atomic E-state index is 6.26. The van der Waals surface area contributed by atoms with Crippen LogP contribution in [0.5, 0.6) is 0 Å². The van der Waals surface area contributed by atoms with Crippen LogP contribution in [0.2, 0.25) is 5.02 Å². The largest absolute Gasteiger partial charge is 0.310 e. The van der Waals surface area contributed by atoms with Gasteiger partial charge in [0, 0.05) is 22.1 Å². The van der Waals surface area contributed by atoms with E-state index in [1.54, 1.807) is 0 Å². The number of hydrogen-bond acceptors (Lipinski definition) is 1. The van der Waals surface area contributed by atoms with Gasteiger partial charge in [0.1, 0.15) is 0 Å². The molecule has 0 heterocycles. The van der Waals surface area contributed by atoms with E-state index in [1.807, 2.05) is 42.5 Å². The molecule has 4 aromatic rings. The molecule has 0 unspecified atom stereocenters. The molecule has 26 heavy (non-hydrogen) atoms. The number of benzene rings is 4. The lowest BCUT2D eigenvalue weighted by Crippen LogP contribution is -2.09. The predicted octanol–water partition coefficient (Wildman–Crippen LogP) is 7.48. The predicted molar refractivity (Wildman–Crippen MR) is 112 cm³/mol. The van der Waals surface area contributed by atoms with Gasteiger partial charge in [-0.25, -0.2) is 0 Å². The number of hydrogen-bond donors (Lipinski definition) is 0. The van der Waals surface area contributed by atoms with E-state index < -0.39 is 0 Å². The molecular weight excluding hydrogens is 338 g/mol. The van der Waals surface area contributed by atoms with Crippen LogP contribution in [-0.4, -0.2) is 0 Å². The number of halogens is 1. The highest BCUT2D eigenvalue weighted by Crippen LogP contribution is 2.37. The van der Waals surface area contributed by atoms with Gasteiger partial charge in [0.15, 0.2) is 0 Å². The lowest BCUT2D eigenvalue weighted by Gasteiger charge is -2.26. The van der Waals surface area contributed by atoms with Gasteiger partial charge in [-0.2, -0.15) is 0 Å². The minimum Gasteiger partial charge on any atom is -0.310 e. The Hall–Kier alpha value is -3.03. The van der Waals surface area contributed by atoms with Crippen LogP contribution in [0, 0.1) is 0 Å². The molecule has 0 aromatic heterocycles. The zero-order valence-corrected chi connectivity index (χ0v) is 15.0. The van der Waals surface area contributed by atoms with Crippen LogP contribution in [0.25, 0.3) is 11.1 Å². The zero-order valence-electron chi connectivity index (χ0n) is 14.2. The topological polar surface area (TPSA) is 3.24 Å². The highest BCUT2D eigenvalue weighted by atomic mass is 35.5. The summed E-state index contributed by atoms with van der Waals surface area (Å²) in [7, 11) is 0. The third-order valence-electron chi connectivity index (χ3n) is 4.29. The minimum absolute atomic E-state index is 0.725. The molecule has 0 amide bonds. The van der Waals surface area contributed by atoms with Gasteiger partial charge in [0.2, 0.25) is 0 Å². The van der Waals surface area contributed by atoms with Crippen molar-refractivity contribution < 1.29 is 0 Å². The smallest absolute Gasteiger partial charge is 0.0476 e. The van der Waals surface area contributed by atoms with Crippen molar-refractivity contribution >= 4 is 28.7 Å². The lowest BCUT2D eigenvalue weighted by molar-refractivity contribution is 1.28. The van der Waals surface area contributed by atoms with E-state index in [2.05, 4.69) is 71.6 Å². The van der Waals surface area contributed by atoms with E-state index in [1.165, 1.54) is 11.1 Å². The maximum Gasteiger partial charge on any atom is 0.0476 e. The van der Waals surface area contributed by atoms with Crippen molar-refractivity contribution in [3.05, 3.63) is 114 Å². The first-order chi connectivity index (χ1) is 12.8. The minimum atomic E-state index is 0.725. The fourth-order valence-electron chi connectivity index (χ4n) is 3.09. The van der Waals surface area contributed by atoms with Crippen molar-refractivity contribution in [2.24, 2.45) is 0 Å². The fourth-order valence-corrected chi connectivity index (χ4v) is 3.28. The summed E-state index contributed by atoms with van der Waals surface area (Å²) >= 11 is 6.26. The van der Waals surface area contributed by atoms with E-state index in [4.69, 9.17) is 11.6 Å². The Morgan fingerprint density at radius 1 is 0.462 bits per heavy atom. The van der Waals surface area contributed by atoms with Gasteiger partial charge in [-0.1, -0.05) is 78.3 Å². The van der Waals surface area contributed by atoms with Gasteiger partial charge in [-0.05, 0) is 53.6 Å². The van der Waals surface area contributed by atoms with E-state index in [0.29, 0.717) is 0 Å². The molecule has 0 bridgehead atoms. The Morgan fingerprint density at radius 2 is 1.00 bits per heavy atom. The van der Waals surface area contributed by atoms with Gasteiger partial charge in [-0.15, -0.1) is 0 Å². The van der Waals surface area contributed by atoms with Gasteiger partial charge in [0.25, 0.3) is 0 Å². The van der Waals surface area contributed by atoms with Crippen molar-refractivity contribution in [1.82, 2.24) is 0 Å². The number of nitrogens with zero attached hydrogens (tertiary/aromatic N) is 1. The molecule has 0 aliphatic heterocycles. The second-order valence-electron chi connectivity index (χ2n) is 6.07. The summed E-state index contributed by atoms with van der Waals surface area (Å²) in [6.07, 6.45) is 0. The van der Waals surface area contributed by atoms with Crippen LogP contribution >= 0.6 is 11.6 Å². The second-order valence-corrected chi connectivity index (χ2v) is 6.50. The summed E-state index contributed by atoms with van der Waals surface area (Å²) < 4.78 is 0. The van der Waals surface area contributed by atoms with Crippen LogP contribution in [0.1, 0.15) is 0 Å². The molecule has 0 N–H and O–H groups in total. The average Bonchev–Trinajstić information content (AvgIpc) is 2.70. The zero-order chi connectivity index (χ0) is 17.8. The van der Waals surface area contributed by atoms with Gasteiger partial charge in [-0.3, -0.25) is 0 Å². The van der Waals surface area contributed by atoms with Crippen molar-refractivity contribution in [2.75, 3.05) is 4.90 Å². The van der Waals surface area contributed by atoms with Gasteiger partial charge >= 0.3 is 0 Å². The van der Waals surface area contributed by atoms with E-state index in [0.717, 1.165) is 22.1 Å². The van der Waals surface area contributed by atoms with Crippen molar-refractivity contribution in [2.45, 2.75) is 0 Å². The molecule has 0 radical (unpaired) electrons. The van der Waals surface area contributed by atoms with E-state index >= 15 is 0 Å². The van der Waals surface area contributed by atoms with Crippen LogP contribution in [0.3, 0.4) is 0 Å². The number of para-hydroxylation sites is 1. The van der Waals surface area contributed by atoms with E-state index in [9.17, 15) is 0 Å². The Balaban J connectivity index is 1.85. The third-order valence-corrected chi connectivity index (χ3v) is 4.53. The second kappa shape index (κ2) is 7.47. The maximum absolute atomic E-state index is 6.26. The summed E-state index contributed by atoms with van der Waals surface area (Å²) in [4.78, 5) is 2.22. The molecular formula is C24H18ClN. The first-order valence-electron chi connectivity index (χ1n) is 8.57. The van der Waals surface area contributed by atoms with Crippen LogP contribution in [-0.2, 0) is 0 Å². The molecule has 2 heteroatoms. The highest BCUT2D eigenvalue weighted by molar-refractivity contribution is 6.30. The SMILES string of the molecule is Clc1cccc(N(c2ccccc2)c2cccc(-c3ccccc3)c2)c1. The molecule has 126 valence electrons. The molecule has 1 nitrogen and oxygen atoms in total. The summed E-state index contributed by atoms with van der Waals surface area (Å²) in [6, 6.07) is 37.3. The molecule has 0 aliphatic rings. The number of anilines is 3. The van der Waals surface area contributed by atoms with Crippen LogP contribution < -0.4 is 4.90 Å². The first-order valence-corrected chi connectivity index (χ1v) is 8.95. The fraction of sp³-hybridized carbons (Fsp3) is 0. The van der Waals surface area contributed by atoms with Crippen molar-refractivity contribution in [3.8, 4) is 11.1 Å². The van der Waals surface area contributed by atoms with Gasteiger partial charge < -0.3 is 4.90 Å². The van der Waals surface area contributed by atoms with Gasteiger partial charge in [0.05, 0.1) is 0 Å². The Labute approximate surface area is 159 Å². The van der Waals surface area contributed by atoms with Crippen LogP contribution in [0.15, 0.2) is 109 Å². The summed E-state index contributed by atoms with van der Waals surface area (Å²) in [6.45, 7) is 0. The number of rotatable bonds is 4. The summed E-state index contributed by atoms with van der Waals surface area (Å²) in [5, 5.41) is 0.725. The van der Waals surface area contributed by atoms with Crippen molar-refractivity contribution in [1.29, 1.82) is 0 Å². The lowest BCUT2D eigenvalue weighted by atomic mass is 10.0. The first kappa shape index (κ1) is 16.4. The quantitative estimate of drug-likeness (QED) is 0.367. The molecule has 4 aromatic carbocycles. The molecule has 0 saturated carbocycles. The highest BCUT2D eigenvalue weighted by Gasteiger charge is 2.13. The average molecular weight is 356 g/mol. The molecule has 0 fully saturated rings. The Morgan fingerprint density at radius 3 is 1.69 bits per heavy atom. The standard InChI is InChI=1S/C24H18ClN/c25-21-12-8-16-24(18-21)26(22-13-5-2-6-14-22)23-15-7-11-20(17-23)19-9-3-1-4-10-19/h1-18H. The third kappa shape index (κ3) is 3.49. The molecule has 0 aliphatic carbocycles. The Bertz CT molecular complexity index is 997. The monoisotopic (exact) mass is 355 g/mol. The molecule has 0 spiro atoms. The molecule has 0 atom stereocenters. The summed E-state index contributed by atoms with van der Waals surface area (Å²) in [5.41, 5.74) is 5.62. The van der Waals surface area contributed by atoms with E-state index in [-0.39, 0.29) is 0 Å². The van der Waals surface area contributed by atoms with Crippen molar-refractivity contribution in [3.63, 3.8) is 0 Å². The Kier molecular flexibility index (Phi) is 4.72. The molecule has 4 rings (SSSR count).